The molecule has 4 amide bonds. The predicted molar refractivity (Wildman–Crippen MR) is 63.4 cm³/mol. The summed E-state index contributed by atoms with van der Waals surface area (Å²) in [5.41, 5.74) is 0.873. The standard InChI is InChI=1S/C13H12N2O4/c16-10-6-5-9(11(17)14-10)15-12(18)7-3-1-2-4-8(7)13(15)19/h1,3,9H,2,4-6H2,(H,14,16,17). The van der Waals surface area contributed by atoms with Crippen LogP contribution in [-0.4, -0.2) is 34.6 Å². The van der Waals surface area contributed by atoms with Gasteiger partial charge in [-0.15, -0.1) is 0 Å². The third-order valence-electron chi connectivity index (χ3n) is 3.62. The van der Waals surface area contributed by atoms with E-state index in [-0.39, 0.29) is 24.7 Å². The molecule has 1 unspecified atom stereocenters. The van der Waals surface area contributed by atoms with Crippen LogP contribution in [0.15, 0.2) is 23.3 Å². The maximum Gasteiger partial charge on any atom is 0.261 e. The van der Waals surface area contributed by atoms with E-state index in [1.54, 1.807) is 6.08 Å². The Hall–Kier alpha value is -2.24. The molecule has 1 N–H and O–H groups in total. The van der Waals surface area contributed by atoms with Gasteiger partial charge in [-0.3, -0.25) is 29.4 Å². The second-order valence-electron chi connectivity index (χ2n) is 4.78. The Morgan fingerprint density at radius 1 is 1.11 bits per heavy atom. The van der Waals surface area contributed by atoms with Crippen LogP contribution in [0.1, 0.15) is 25.7 Å². The normalized spacial score (nSPS) is 26.9. The van der Waals surface area contributed by atoms with E-state index in [4.69, 9.17) is 0 Å². The highest BCUT2D eigenvalue weighted by molar-refractivity contribution is 6.23. The first-order chi connectivity index (χ1) is 9.09. The summed E-state index contributed by atoms with van der Waals surface area (Å²) < 4.78 is 0. The molecule has 1 saturated heterocycles. The lowest BCUT2D eigenvalue weighted by Gasteiger charge is -2.28. The van der Waals surface area contributed by atoms with Crippen molar-refractivity contribution in [1.29, 1.82) is 0 Å². The number of allylic oxidation sites excluding steroid dienone is 1. The number of amides is 4. The molecule has 0 spiro atoms. The second-order valence-corrected chi connectivity index (χ2v) is 4.78. The van der Waals surface area contributed by atoms with Crippen molar-refractivity contribution in [2.45, 2.75) is 31.7 Å². The quantitative estimate of drug-likeness (QED) is 0.662. The first-order valence-corrected chi connectivity index (χ1v) is 6.21. The maximum absolute atomic E-state index is 12.2. The number of carbonyl (C=O) groups excluding carboxylic acids is 4. The largest absolute Gasteiger partial charge is 0.295 e. The Kier molecular flexibility index (Phi) is 2.58. The summed E-state index contributed by atoms with van der Waals surface area (Å²) in [5.74, 6) is -1.75. The van der Waals surface area contributed by atoms with Crippen LogP contribution < -0.4 is 5.32 Å². The molecule has 0 aromatic heterocycles. The summed E-state index contributed by atoms with van der Waals surface area (Å²) in [5, 5.41) is 2.17. The van der Waals surface area contributed by atoms with Gasteiger partial charge in [0.05, 0.1) is 0 Å². The van der Waals surface area contributed by atoms with Gasteiger partial charge in [0, 0.05) is 17.6 Å². The van der Waals surface area contributed by atoms with Gasteiger partial charge in [0.25, 0.3) is 11.8 Å². The molecular formula is C13H12N2O4. The fourth-order valence-corrected chi connectivity index (χ4v) is 2.67. The summed E-state index contributed by atoms with van der Waals surface area (Å²) >= 11 is 0. The smallest absolute Gasteiger partial charge is 0.261 e. The number of rotatable bonds is 1. The molecule has 0 bridgehead atoms. The third kappa shape index (κ3) is 1.71. The number of nitrogens with one attached hydrogen (secondary N) is 1. The zero-order valence-electron chi connectivity index (χ0n) is 10.1. The summed E-state index contributed by atoms with van der Waals surface area (Å²) in [6.45, 7) is 0. The van der Waals surface area contributed by atoms with E-state index in [2.05, 4.69) is 5.32 Å². The Morgan fingerprint density at radius 3 is 2.58 bits per heavy atom. The number of imide groups is 2. The van der Waals surface area contributed by atoms with Crippen LogP contribution in [0.4, 0.5) is 0 Å². The molecule has 19 heavy (non-hydrogen) atoms. The summed E-state index contributed by atoms with van der Waals surface area (Å²) in [7, 11) is 0. The van der Waals surface area contributed by atoms with E-state index in [9.17, 15) is 19.2 Å². The second kappa shape index (κ2) is 4.15. The van der Waals surface area contributed by atoms with E-state index >= 15 is 0 Å². The number of nitrogens with zero attached hydrogens (tertiary/aromatic N) is 1. The minimum absolute atomic E-state index is 0.147. The molecule has 0 radical (unpaired) electrons. The van der Waals surface area contributed by atoms with Crippen LogP contribution in [0.3, 0.4) is 0 Å². The van der Waals surface area contributed by atoms with E-state index in [0.29, 0.717) is 17.6 Å². The molecule has 2 aliphatic heterocycles. The predicted octanol–water partition coefficient (Wildman–Crippen LogP) is -0.193. The molecule has 2 heterocycles. The molecule has 0 aromatic carbocycles. The van der Waals surface area contributed by atoms with Crippen LogP contribution in [0.2, 0.25) is 0 Å². The highest BCUT2D eigenvalue weighted by Crippen LogP contribution is 2.31. The Bertz CT molecular complexity index is 573. The van der Waals surface area contributed by atoms with Crippen molar-refractivity contribution in [1.82, 2.24) is 10.2 Å². The number of carbonyl (C=O) groups is 4. The van der Waals surface area contributed by atoms with E-state index < -0.39 is 17.9 Å². The first kappa shape index (κ1) is 11.8. The van der Waals surface area contributed by atoms with Crippen LogP contribution in [0.5, 0.6) is 0 Å². The maximum atomic E-state index is 12.2. The third-order valence-corrected chi connectivity index (χ3v) is 3.62. The molecule has 0 aromatic rings. The lowest BCUT2D eigenvalue weighted by Crippen LogP contribution is -2.54. The monoisotopic (exact) mass is 260 g/mol. The van der Waals surface area contributed by atoms with Crippen molar-refractivity contribution >= 4 is 23.6 Å². The molecule has 3 rings (SSSR count). The Morgan fingerprint density at radius 2 is 1.89 bits per heavy atom. The number of piperidine rings is 1. The van der Waals surface area contributed by atoms with Gasteiger partial charge in [-0.05, 0) is 19.3 Å². The van der Waals surface area contributed by atoms with Crippen LogP contribution in [-0.2, 0) is 19.2 Å². The van der Waals surface area contributed by atoms with Crippen LogP contribution in [0.25, 0.3) is 0 Å². The van der Waals surface area contributed by atoms with Crippen molar-refractivity contribution in [3.8, 4) is 0 Å². The molecule has 6 heteroatoms. The fourth-order valence-electron chi connectivity index (χ4n) is 2.67. The molecule has 98 valence electrons. The van der Waals surface area contributed by atoms with Crippen molar-refractivity contribution in [3.05, 3.63) is 23.3 Å². The lowest BCUT2D eigenvalue weighted by atomic mass is 10.00. The van der Waals surface area contributed by atoms with Gasteiger partial charge in [-0.25, -0.2) is 0 Å². The zero-order chi connectivity index (χ0) is 13.6. The average molecular weight is 260 g/mol. The van der Waals surface area contributed by atoms with Crippen LogP contribution >= 0.6 is 0 Å². The van der Waals surface area contributed by atoms with Gasteiger partial charge < -0.3 is 0 Å². The number of hydrogen-bond acceptors (Lipinski definition) is 4. The summed E-state index contributed by atoms with van der Waals surface area (Å²) in [6.07, 6.45) is 5.09. The zero-order valence-corrected chi connectivity index (χ0v) is 10.1. The van der Waals surface area contributed by atoms with Gasteiger partial charge in [-0.2, -0.15) is 0 Å². The van der Waals surface area contributed by atoms with Gasteiger partial charge in [0.15, 0.2) is 0 Å². The minimum Gasteiger partial charge on any atom is -0.295 e. The highest BCUT2D eigenvalue weighted by Gasteiger charge is 2.45. The molecule has 1 atom stereocenters. The van der Waals surface area contributed by atoms with Gasteiger partial charge in [-0.1, -0.05) is 12.2 Å². The Balaban J connectivity index is 1.90. The van der Waals surface area contributed by atoms with Gasteiger partial charge in [0.2, 0.25) is 11.8 Å². The van der Waals surface area contributed by atoms with Gasteiger partial charge in [0.1, 0.15) is 6.04 Å². The lowest BCUT2D eigenvalue weighted by molar-refractivity contribution is -0.150. The topological polar surface area (TPSA) is 83.6 Å². The van der Waals surface area contributed by atoms with E-state index in [1.165, 1.54) is 0 Å². The Labute approximate surface area is 109 Å². The van der Waals surface area contributed by atoms with Gasteiger partial charge >= 0.3 is 0 Å². The highest BCUT2D eigenvalue weighted by atomic mass is 16.2. The number of hydrogen-bond donors (Lipinski definition) is 1. The molecule has 1 fully saturated rings. The van der Waals surface area contributed by atoms with Crippen molar-refractivity contribution in [2.75, 3.05) is 0 Å². The molecule has 3 aliphatic rings. The fraction of sp³-hybridized carbons (Fsp3) is 0.385. The van der Waals surface area contributed by atoms with E-state index in [1.807, 2.05) is 6.08 Å². The molecular weight excluding hydrogens is 248 g/mol. The molecule has 1 aliphatic carbocycles. The van der Waals surface area contributed by atoms with Crippen molar-refractivity contribution < 1.29 is 19.2 Å². The van der Waals surface area contributed by atoms with Crippen LogP contribution in [0, 0.1) is 0 Å². The van der Waals surface area contributed by atoms with Crippen molar-refractivity contribution in [3.63, 3.8) is 0 Å². The minimum atomic E-state index is -0.864. The van der Waals surface area contributed by atoms with E-state index in [0.717, 1.165) is 11.3 Å². The summed E-state index contributed by atoms with van der Waals surface area (Å²) in [6, 6.07) is -0.864. The average Bonchev–Trinajstić information content (AvgIpc) is 2.64. The molecule has 6 nitrogen and oxygen atoms in total. The van der Waals surface area contributed by atoms with Crippen molar-refractivity contribution in [2.24, 2.45) is 0 Å². The summed E-state index contributed by atoms with van der Waals surface area (Å²) in [4.78, 5) is 48.3. The first-order valence-electron chi connectivity index (χ1n) is 6.21. The molecule has 0 saturated carbocycles. The SMILES string of the molecule is O=C1CCC(N2C(=O)C3=C(CCC=C3)C2=O)C(=O)N1.